The van der Waals surface area contributed by atoms with Crippen LogP contribution in [0.15, 0.2) is 71.3 Å². The summed E-state index contributed by atoms with van der Waals surface area (Å²) in [5.41, 5.74) is 0.289. The van der Waals surface area contributed by atoms with Crippen molar-refractivity contribution < 1.29 is 30.9 Å². The summed E-state index contributed by atoms with van der Waals surface area (Å²) < 4.78 is 86.0. The minimum Gasteiger partial charge on any atom is -0.370 e. The van der Waals surface area contributed by atoms with Gasteiger partial charge in [0.1, 0.15) is 6.04 Å². The van der Waals surface area contributed by atoms with E-state index < -0.39 is 35.1 Å². The molecule has 206 valence electrons. The average molecular weight is 548 g/mol. The molecule has 0 radical (unpaired) electrons. The van der Waals surface area contributed by atoms with Crippen molar-refractivity contribution in [1.29, 1.82) is 0 Å². The Hall–Kier alpha value is -3.82. The monoisotopic (exact) mass is 547 g/mol. The quantitative estimate of drug-likeness (QED) is 0.234. The molecular weight excluding hydrogens is 520 g/mol. The van der Waals surface area contributed by atoms with E-state index in [-0.39, 0.29) is 29.6 Å². The van der Waals surface area contributed by atoms with E-state index >= 15 is 0 Å². The number of hydrogen-bond donors (Lipinski definition) is 1. The highest BCUT2D eigenvalue weighted by atomic mass is 19.4. The molecule has 0 spiro atoms. The average Bonchev–Trinajstić information content (AvgIpc) is 3.36. The molecule has 1 heterocycles. The van der Waals surface area contributed by atoms with Crippen LogP contribution in [0.3, 0.4) is 0 Å². The number of nitrogens with one attached hydrogen (secondary N) is 1. The van der Waals surface area contributed by atoms with Crippen LogP contribution in [-0.2, 0) is 12.4 Å². The van der Waals surface area contributed by atoms with Crippen LogP contribution >= 0.6 is 0 Å². The lowest BCUT2D eigenvalue weighted by Gasteiger charge is -2.25. The van der Waals surface area contributed by atoms with Crippen molar-refractivity contribution in [2.45, 2.75) is 57.9 Å². The highest BCUT2D eigenvalue weighted by Gasteiger charge is 2.37. The minimum absolute atomic E-state index is 0.00423. The zero-order valence-corrected chi connectivity index (χ0v) is 21.7. The number of benzene rings is 3. The van der Waals surface area contributed by atoms with Crippen molar-refractivity contribution in [2.75, 3.05) is 5.32 Å². The molecule has 0 fully saturated rings. The molecule has 1 N–H and O–H groups in total. The second-order valence-electron chi connectivity index (χ2n) is 9.86. The highest BCUT2D eigenvalue weighted by Crippen LogP contribution is 2.40. The maximum atomic E-state index is 13.4. The summed E-state index contributed by atoms with van der Waals surface area (Å²) in [7, 11) is 0. The standard InChI is InChI=1S/C29H27F6N3O/c1-16(2)22-11-8-12-23(17(3)4)25(22)36-24(18-9-6-5-7-10-18)27-37-26(38-39-27)19-13-20(28(30,31)32)15-21(14-19)29(33,34)35/h5-17,24,36H,1-4H3. The van der Waals surface area contributed by atoms with E-state index in [2.05, 4.69) is 43.2 Å². The zero-order valence-electron chi connectivity index (χ0n) is 21.7. The number of halogens is 6. The molecule has 0 aliphatic carbocycles. The molecule has 0 aliphatic rings. The maximum absolute atomic E-state index is 13.4. The summed E-state index contributed by atoms with van der Waals surface area (Å²) in [6, 6.07) is 15.6. The summed E-state index contributed by atoms with van der Waals surface area (Å²) in [6.07, 6.45) is -9.99. The fraction of sp³-hybridized carbons (Fsp3) is 0.310. The van der Waals surface area contributed by atoms with E-state index in [1.54, 1.807) is 12.1 Å². The molecule has 1 atom stereocenters. The molecular formula is C29H27F6N3O. The predicted octanol–water partition coefficient (Wildman–Crippen LogP) is 9.22. The topological polar surface area (TPSA) is 51.0 Å². The fourth-order valence-corrected chi connectivity index (χ4v) is 4.35. The van der Waals surface area contributed by atoms with Crippen LogP contribution < -0.4 is 5.32 Å². The Kier molecular flexibility index (Phi) is 7.77. The Bertz CT molecular complexity index is 1370. The number of alkyl halides is 6. The largest absolute Gasteiger partial charge is 0.416 e. The number of aromatic nitrogens is 2. The van der Waals surface area contributed by atoms with Crippen LogP contribution in [0.1, 0.15) is 79.3 Å². The van der Waals surface area contributed by atoms with E-state index in [0.717, 1.165) is 22.4 Å². The molecule has 1 aromatic heterocycles. The third-order valence-corrected chi connectivity index (χ3v) is 6.33. The summed E-state index contributed by atoms with van der Waals surface area (Å²) in [5.74, 6) is -0.0699. The van der Waals surface area contributed by atoms with Crippen LogP contribution in [0.5, 0.6) is 0 Å². The Labute approximate surface area is 222 Å². The van der Waals surface area contributed by atoms with Gasteiger partial charge in [0, 0.05) is 11.3 Å². The first-order valence-electron chi connectivity index (χ1n) is 12.3. The van der Waals surface area contributed by atoms with Crippen molar-refractivity contribution >= 4 is 5.69 Å². The van der Waals surface area contributed by atoms with Crippen molar-refractivity contribution in [3.05, 3.63) is 100 Å². The second kappa shape index (κ2) is 10.7. The molecule has 0 bridgehead atoms. The van der Waals surface area contributed by atoms with Crippen LogP contribution in [0, 0.1) is 0 Å². The van der Waals surface area contributed by atoms with Crippen LogP contribution in [0.25, 0.3) is 11.4 Å². The van der Waals surface area contributed by atoms with Gasteiger partial charge in [-0.05, 0) is 46.7 Å². The van der Waals surface area contributed by atoms with Crippen molar-refractivity contribution in [1.82, 2.24) is 10.1 Å². The lowest BCUT2D eigenvalue weighted by atomic mass is 9.91. The Morgan fingerprint density at radius 1 is 0.718 bits per heavy atom. The van der Waals surface area contributed by atoms with Crippen LogP contribution in [-0.4, -0.2) is 10.1 Å². The van der Waals surface area contributed by atoms with Gasteiger partial charge in [0.15, 0.2) is 0 Å². The highest BCUT2D eigenvalue weighted by molar-refractivity contribution is 5.62. The predicted molar refractivity (Wildman–Crippen MR) is 136 cm³/mol. The molecule has 0 amide bonds. The van der Waals surface area contributed by atoms with Gasteiger partial charge in [0.05, 0.1) is 11.1 Å². The van der Waals surface area contributed by atoms with Gasteiger partial charge < -0.3 is 9.84 Å². The molecule has 4 rings (SSSR count). The first-order chi connectivity index (χ1) is 18.3. The van der Waals surface area contributed by atoms with E-state index in [4.69, 9.17) is 4.52 Å². The molecule has 1 unspecified atom stereocenters. The van der Waals surface area contributed by atoms with Gasteiger partial charge in [0.2, 0.25) is 5.82 Å². The second-order valence-corrected chi connectivity index (χ2v) is 9.86. The first kappa shape index (κ1) is 28.2. The van der Waals surface area contributed by atoms with E-state index in [9.17, 15) is 26.3 Å². The van der Waals surface area contributed by atoms with Crippen LogP contribution in [0.2, 0.25) is 0 Å². The van der Waals surface area contributed by atoms with E-state index in [0.29, 0.717) is 12.1 Å². The van der Waals surface area contributed by atoms with Gasteiger partial charge in [-0.15, -0.1) is 0 Å². The lowest BCUT2D eigenvalue weighted by Crippen LogP contribution is -2.16. The molecule has 10 heteroatoms. The summed E-state index contributed by atoms with van der Waals surface area (Å²) >= 11 is 0. The minimum atomic E-state index is -5.00. The zero-order chi connectivity index (χ0) is 28.5. The Balaban J connectivity index is 1.84. The van der Waals surface area contributed by atoms with Crippen molar-refractivity contribution in [3.8, 4) is 11.4 Å². The number of hydrogen-bond acceptors (Lipinski definition) is 4. The summed E-state index contributed by atoms with van der Waals surface area (Å²) in [4.78, 5) is 4.27. The number of rotatable bonds is 7. The molecule has 3 aromatic carbocycles. The van der Waals surface area contributed by atoms with Crippen LogP contribution in [0.4, 0.5) is 32.0 Å². The Morgan fingerprint density at radius 2 is 1.26 bits per heavy atom. The number of anilines is 1. The summed E-state index contributed by atoms with van der Waals surface area (Å²) in [5, 5.41) is 7.27. The first-order valence-corrected chi connectivity index (χ1v) is 12.3. The van der Waals surface area contributed by atoms with Gasteiger partial charge in [-0.25, -0.2) is 0 Å². The molecule has 0 saturated carbocycles. The Morgan fingerprint density at radius 3 is 1.74 bits per heavy atom. The van der Waals surface area contributed by atoms with E-state index in [1.165, 1.54) is 0 Å². The maximum Gasteiger partial charge on any atom is 0.416 e. The molecule has 4 nitrogen and oxygen atoms in total. The van der Waals surface area contributed by atoms with Crippen molar-refractivity contribution in [3.63, 3.8) is 0 Å². The van der Waals surface area contributed by atoms with Gasteiger partial charge in [0.25, 0.3) is 5.89 Å². The van der Waals surface area contributed by atoms with Gasteiger partial charge in [-0.1, -0.05) is 81.4 Å². The number of para-hydroxylation sites is 1. The molecule has 4 aromatic rings. The summed E-state index contributed by atoms with van der Waals surface area (Å²) in [6.45, 7) is 8.22. The third-order valence-electron chi connectivity index (χ3n) is 6.33. The van der Waals surface area contributed by atoms with Gasteiger partial charge >= 0.3 is 12.4 Å². The smallest absolute Gasteiger partial charge is 0.370 e. The lowest BCUT2D eigenvalue weighted by molar-refractivity contribution is -0.143. The van der Waals surface area contributed by atoms with Gasteiger partial charge in [-0.2, -0.15) is 31.3 Å². The van der Waals surface area contributed by atoms with Gasteiger partial charge in [-0.3, -0.25) is 0 Å². The van der Waals surface area contributed by atoms with Crippen molar-refractivity contribution in [2.24, 2.45) is 0 Å². The SMILES string of the molecule is CC(C)c1cccc(C(C)C)c1NC(c1ccccc1)c1nc(-c2cc(C(F)(F)F)cc(C(F)(F)F)c2)no1. The normalized spacial score (nSPS) is 13.2. The number of nitrogens with zero attached hydrogens (tertiary/aromatic N) is 2. The molecule has 0 saturated heterocycles. The van der Waals surface area contributed by atoms with E-state index in [1.807, 2.05) is 36.4 Å². The molecule has 39 heavy (non-hydrogen) atoms. The molecule has 0 aliphatic heterocycles. The third kappa shape index (κ3) is 6.26. The fourth-order valence-electron chi connectivity index (χ4n) is 4.35.